The number of hydrogen-bond acceptors (Lipinski definition) is 6. The van der Waals surface area contributed by atoms with Crippen molar-refractivity contribution in [3.63, 3.8) is 0 Å². The number of hydrazone groups is 1. The number of carbonyl (C=O) groups excluding carboxylic acids is 1. The van der Waals surface area contributed by atoms with E-state index in [9.17, 15) is 9.59 Å². The third-order valence-electron chi connectivity index (χ3n) is 5.81. The molecule has 0 bridgehead atoms. The minimum Gasteiger partial charge on any atom is -0.497 e. The highest BCUT2D eigenvalue weighted by Gasteiger charge is 2.35. The number of nitrogens with zero attached hydrogens (tertiary/aromatic N) is 4. The van der Waals surface area contributed by atoms with E-state index in [2.05, 4.69) is 10.1 Å². The van der Waals surface area contributed by atoms with E-state index in [1.807, 2.05) is 36.4 Å². The van der Waals surface area contributed by atoms with Gasteiger partial charge in [-0.25, -0.2) is 9.99 Å². The molecule has 8 heteroatoms. The Hall–Kier alpha value is -4.20. The van der Waals surface area contributed by atoms with Crippen LogP contribution in [0.25, 0.3) is 10.9 Å². The van der Waals surface area contributed by atoms with Crippen molar-refractivity contribution in [2.24, 2.45) is 5.10 Å². The number of furan rings is 1. The minimum absolute atomic E-state index is 0.168. The molecule has 0 N–H and O–H groups in total. The van der Waals surface area contributed by atoms with Gasteiger partial charge in [0.1, 0.15) is 29.9 Å². The lowest BCUT2D eigenvalue weighted by Gasteiger charge is -2.21. The first-order valence-corrected chi connectivity index (χ1v) is 10.6. The molecule has 0 saturated carbocycles. The molecule has 0 aliphatic carbocycles. The topological polar surface area (TPSA) is 89.9 Å². The summed E-state index contributed by atoms with van der Waals surface area (Å²) in [5.41, 5.74) is 2.01. The van der Waals surface area contributed by atoms with E-state index >= 15 is 0 Å². The number of aryl methyl sites for hydroxylation is 1. The highest BCUT2D eigenvalue weighted by molar-refractivity contribution is 6.03. The van der Waals surface area contributed by atoms with Crippen molar-refractivity contribution in [2.45, 2.75) is 25.9 Å². The zero-order valence-corrected chi connectivity index (χ0v) is 18.3. The average Bonchev–Trinajstić information content (AvgIpc) is 3.52. The van der Waals surface area contributed by atoms with Gasteiger partial charge in [-0.1, -0.05) is 12.1 Å². The zero-order valence-electron chi connectivity index (χ0n) is 18.3. The number of benzene rings is 2. The van der Waals surface area contributed by atoms with Gasteiger partial charge in [0.25, 0.3) is 11.5 Å². The highest BCUT2D eigenvalue weighted by Crippen LogP contribution is 2.33. The maximum absolute atomic E-state index is 13.4. The van der Waals surface area contributed by atoms with Crippen LogP contribution in [0.15, 0.2) is 81.2 Å². The molecular weight excluding hydrogens is 420 g/mol. The molecule has 5 rings (SSSR count). The second-order valence-corrected chi connectivity index (χ2v) is 7.82. The van der Waals surface area contributed by atoms with Gasteiger partial charge in [-0.15, -0.1) is 0 Å². The standard InChI is InChI=1S/C25H22N4O4/c1-16-26-20-7-4-3-6-19(20)25(31)28(16)15-24(30)29-22(23-8-5-13-33-23)14-21(27-29)17-9-11-18(32-2)12-10-17/h3-13,22H,14-15H2,1-2H3/t22-/m0/s1. The fraction of sp³-hybridized carbons (Fsp3) is 0.200. The third-order valence-corrected chi connectivity index (χ3v) is 5.81. The van der Waals surface area contributed by atoms with Gasteiger partial charge in [-0.2, -0.15) is 5.10 Å². The average molecular weight is 442 g/mol. The van der Waals surface area contributed by atoms with Crippen molar-refractivity contribution in [1.82, 2.24) is 14.6 Å². The van der Waals surface area contributed by atoms with Crippen LogP contribution >= 0.6 is 0 Å². The molecule has 2 aromatic heterocycles. The Kier molecular flexibility index (Phi) is 5.26. The Balaban J connectivity index is 1.49. The van der Waals surface area contributed by atoms with E-state index in [0.717, 1.165) is 17.0 Å². The van der Waals surface area contributed by atoms with Crippen LogP contribution in [0.1, 0.15) is 29.6 Å². The Morgan fingerprint density at radius 3 is 2.64 bits per heavy atom. The van der Waals surface area contributed by atoms with Gasteiger partial charge in [0, 0.05) is 6.42 Å². The van der Waals surface area contributed by atoms with Crippen LogP contribution in [0.4, 0.5) is 0 Å². The van der Waals surface area contributed by atoms with Crippen LogP contribution in [0.2, 0.25) is 0 Å². The van der Waals surface area contributed by atoms with E-state index < -0.39 is 6.04 Å². The first kappa shape index (κ1) is 20.7. The van der Waals surface area contributed by atoms with Crippen LogP contribution < -0.4 is 10.3 Å². The Labute approximate surface area is 189 Å². The van der Waals surface area contributed by atoms with Gasteiger partial charge in [0.2, 0.25) is 0 Å². The van der Waals surface area contributed by atoms with Crippen molar-refractivity contribution in [3.8, 4) is 5.75 Å². The first-order valence-electron chi connectivity index (χ1n) is 10.6. The molecule has 0 fully saturated rings. The summed E-state index contributed by atoms with van der Waals surface area (Å²) in [6, 6.07) is 17.9. The Bertz CT molecular complexity index is 1400. The van der Waals surface area contributed by atoms with Crippen molar-refractivity contribution >= 4 is 22.5 Å². The summed E-state index contributed by atoms with van der Waals surface area (Å²) in [6.45, 7) is 1.56. The zero-order chi connectivity index (χ0) is 22.9. The van der Waals surface area contributed by atoms with Gasteiger partial charge < -0.3 is 9.15 Å². The van der Waals surface area contributed by atoms with Crippen LogP contribution in [0.5, 0.6) is 5.75 Å². The molecule has 1 atom stereocenters. The molecule has 0 radical (unpaired) electrons. The van der Waals surface area contributed by atoms with E-state index in [0.29, 0.717) is 28.9 Å². The summed E-state index contributed by atoms with van der Waals surface area (Å²) in [5.74, 6) is 1.53. The van der Waals surface area contributed by atoms with Crippen LogP contribution in [-0.2, 0) is 11.3 Å². The molecule has 33 heavy (non-hydrogen) atoms. The Morgan fingerprint density at radius 2 is 1.91 bits per heavy atom. The summed E-state index contributed by atoms with van der Waals surface area (Å²) in [6.07, 6.45) is 2.07. The normalized spacial score (nSPS) is 15.6. The second kappa shape index (κ2) is 8.38. The fourth-order valence-electron chi connectivity index (χ4n) is 4.07. The number of methoxy groups -OCH3 is 1. The van der Waals surface area contributed by atoms with Crippen LogP contribution in [0.3, 0.4) is 0 Å². The highest BCUT2D eigenvalue weighted by atomic mass is 16.5. The summed E-state index contributed by atoms with van der Waals surface area (Å²) in [4.78, 5) is 30.9. The molecule has 1 aliphatic heterocycles. The molecule has 8 nitrogen and oxygen atoms in total. The molecule has 1 amide bonds. The minimum atomic E-state index is -0.394. The van der Waals surface area contributed by atoms with Gasteiger partial charge in [-0.3, -0.25) is 14.2 Å². The molecule has 1 aliphatic rings. The Morgan fingerprint density at radius 1 is 1.12 bits per heavy atom. The SMILES string of the molecule is COc1ccc(C2=NN(C(=O)Cn3c(C)nc4ccccc4c3=O)[C@H](c3ccco3)C2)cc1. The molecule has 0 saturated heterocycles. The van der Waals surface area contributed by atoms with E-state index in [4.69, 9.17) is 9.15 Å². The molecule has 4 aromatic rings. The quantitative estimate of drug-likeness (QED) is 0.470. The van der Waals surface area contributed by atoms with Gasteiger partial charge in [-0.05, 0) is 61.0 Å². The summed E-state index contributed by atoms with van der Waals surface area (Å²) < 4.78 is 12.2. The van der Waals surface area contributed by atoms with Crippen molar-refractivity contribution in [1.29, 1.82) is 0 Å². The predicted molar refractivity (Wildman–Crippen MR) is 123 cm³/mol. The molecular formula is C25H22N4O4. The number of fused-ring (bicyclic) bond motifs is 1. The third kappa shape index (κ3) is 3.80. The lowest BCUT2D eigenvalue weighted by molar-refractivity contribution is -0.134. The number of hydrogen-bond donors (Lipinski definition) is 0. The van der Waals surface area contributed by atoms with E-state index in [1.165, 1.54) is 9.58 Å². The van der Waals surface area contributed by atoms with Gasteiger partial charge in [0.05, 0.1) is 30.0 Å². The lowest BCUT2D eigenvalue weighted by Crippen LogP contribution is -2.35. The van der Waals surface area contributed by atoms with Gasteiger partial charge in [0.15, 0.2) is 0 Å². The van der Waals surface area contributed by atoms with E-state index in [1.54, 1.807) is 44.6 Å². The molecule has 0 spiro atoms. The largest absolute Gasteiger partial charge is 0.497 e. The molecule has 0 unspecified atom stereocenters. The maximum atomic E-state index is 13.4. The number of rotatable bonds is 5. The monoisotopic (exact) mass is 442 g/mol. The summed E-state index contributed by atoms with van der Waals surface area (Å²) >= 11 is 0. The fourth-order valence-corrected chi connectivity index (χ4v) is 4.07. The van der Waals surface area contributed by atoms with Crippen molar-refractivity contribution in [3.05, 3.63) is 94.4 Å². The number of amides is 1. The number of ether oxygens (including phenoxy) is 1. The smallest absolute Gasteiger partial charge is 0.263 e. The summed E-state index contributed by atoms with van der Waals surface area (Å²) in [5, 5.41) is 6.52. The molecule has 2 aromatic carbocycles. The number of para-hydroxylation sites is 1. The van der Waals surface area contributed by atoms with Crippen molar-refractivity contribution in [2.75, 3.05) is 7.11 Å². The van der Waals surface area contributed by atoms with E-state index in [-0.39, 0.29) is 18.0 Å². The molecule has 166 valence electrons. The van der Waals surface area contributed by atoms with Gasteiger partial charge >= 0.3 is 0 Å². The first-order chi connectivity index (χ1) is 16.0. The maximum Gasteiger partial charge on any atom is 0.263 e. The second-order valence-electron chi connectivity index (χ2n) is 7.82. The predicted octanol–water partition coefficient (Wildman–Crippen LogP) is 3.68. The molecule has 3 heterocycles. The van der Waals surface area contributed by atoms with Crippen LogP contribution in [-0.4, -0.2) is 33.3 Å². The number of carbonyl (C=O) groups is 1. The van der Waals surface area contributed by atoms with Crippen molar-refractivity contribution < 1.29 is 13.9 Å². The van der Waals surface area contributed by atoms with Crippen LogP contribution in [0, 0.1) is 6.92 Å². The lowest BCUT2D eigenvalue weighted by atomic mass is 10.0. The summed E-state index contributed by atoms with van der Waals surface area (Å²) in [7, 11) is 1.61. The number of aromatic nitrogens is 2.